The molecule has 0 bridgehead atoms. The molecule has 2 amide bonds. The van der Waals surface area contributed by atoms with E-state index in [0.717, 1.165) is 16.7 Å². The highest BCUT2D eigenvalue weighted by Crippen LogP contribution is 2.16. The van der Waals surface area contributed by atoms with Crippen molar-refractivity contribution in [2.75, 3.05) is 25.1 Å². The summed E-state index contributed by atoms with van der Waals surface area (Å²) in [6, 6.07) is 14.2. The van der Waals surface area contributed by atoms with Crippen molar-refractivity contribution in [3.63, 3.8) is 0 Å². The molecule has 2 aromatic carbocycles. The Bertz CT molecular complexity index is 717. The molecule has 0 aliphatic heterocycles. The first-order chi connectivity index (χ1) is 12.0. The van der Waals surface area contributed by atoms with Gasteiger partial charge >= 0.3 is 0 Å². The Hall–Kier alpha value is -2.54. The van der Waals surface area contributed by atoms with Gasteiger partial charge in [0.05, 0.1) is 0 Å². The highest BCUT2D eigenvalue weighted by atomic mass is 79.9. The number of nitrogens with one attached hydrogen (secondary N) is 2. The van der Waals surface area contributed by atoms with Gasteiger partial charge < -0.3 is 9.64 Å². The van der Waals surface area contributed by atoms with Crippen LogP contribution in [-0.4, -0.2) is 32.0 Å². The van der Waals surface area contributed by atoms with Crippen LogP contribution in [0.25, 0.3) is 0 Å². The Morgan fingerprint density at radius 3 is 2.28 bits per heavy atom. The molecule has 2 N–H and O–H groups in total. The van der Waals surface area contributed by atoms with Gasteiger partial charge in [0.1, 0.15) is 5.75 Å². The fourth-order valence-corrected chi connectivity index (χ4v) is 2.23. The monoisotopic (exact) mass is 405 g/mol. The van der Waals surface area contributed by atoms with Crippen LogP contribution in [0.15, 0.2) is 53.0 Å². The maximum atomic E-state index is 12.0. The normalized spacial score (nSPS) is 10.0. The molecule has 0 radical (unpaired) electrons. The SMILES string of the molecule is CCN(C)c1ccc(C(=O)NNC(=O)COc2ccc(Br)cc2)cc1. The molecule has 0 aliphatic carbocycles. The smallest absolute Gasteiger partial charge is 0.276 e. The van der Waals surface area contributed by atoms with Gasteiger partial charge in [0.25, 0.3) is 11.8 Å². The second kappa shape index (κ2) is 9.08. The third-order valence-electron chi connectivity index (χ3n) is 3.54. The zero-order valence-electron chi connectivity index (χ0n) is 14.1. The van der Waals surface area contributed by atoms with Crippen molar-refractivity contribution in [2.45, 2.75) is 6.92 Å². The van der Waals surface area contributed by atoms with Gasteiger partial charge in [-0.25, -0.2) is 0 Å². The number of hydrazine groups is 1. The van der Waals surface area contributed by atoms with Crippen molar-refractivity contribution >= 4 is 33.4 Å². The van der Waals surface area contributed by atoms with Gasteiger partial charge in [-0.15, -0.1) is 0 Å². The molecule has 0 aromatic heterocycles. The summed E-state index contributed by atoms with van der Waals surface area (Å²) in [5.41, 5.74) is 6.18. The van der Waals surface area contributed by atoms with Crippen LogP contribution in [0.4, 0.5) is 5.69 Å². The minimum atomic E-state index is -0.446. The molecule has 0 saturated carbocycles. The van der Waals surface area contributed by atoms with Gasteiger partial charge in [-0.05, 0) is 55.5 Å². The van der Waals surface area contributed by atoms with Crippen molar-refractivity contribution in [2.24, 2.45) is 0 Å². The summed E-state index contributed by atoms with van der Waals surface area (Å²) in [4.78, 5) is 25.8. The molecule has 0 atom stereocenters. The van der Waals surface area contributed by atoms with E-state index in [1.807, 2.05) is 38.2 Å². The van der Waals surface area contributed by atoms with Crippen molar-refractivity contribution in [1.29, 1.82) is 0 Å². The Morgan fingerprint density at radius 2 is 1.68 bits per heavy atom. The average Bonchev–Trinajstić information content (AvgIpc) is 2.65. The van der Waals surface area contributed by atoms with Crippen LogP contribution in [0.5, 0.6) is 5.75 Å². The Balaban J connectivity index is 1.78. The van der Waals surface area contributed by atoms with E-state index in [1.165, 1.54) is 0 Å². The highest BCUT2D eigenvalue weighted by Gasteiger charge is 2.08. The zero-order valence-corrected chi connectivity index (χ0v) is 15.7. The van der Waals surface area contributed by atoms with E-state index in [2.05, 4.69) is 31.7 Å². The number of carbonyl (C=O) groups is 2. The highest BCUT2D eigenvalue weighted by molar-refractivity contribution is 9.10. The molecule has 0 spiro atoms. The van der Waals surface area contributed by atoms with E-state index >= 15 is 0 Å². The van der Waals surface area contributed by atoms with Crippen molar-refractivity contribution in [3.05, 3.63) is 58.6 Å². The number of rotatable bonds is 6. The van der Waals surface area contributed by atoms with Crippen molar-refractivity contribution in [3.8, 4) is 5.75 Å². The molecule has 7 heteroatoms. The third kappa shape index (κ3) is 5.79. The minimum Gasteiger partial charge on any atom is -0.484 e. The first kappa shape index (κ1) is 18.8. The average molecular weight is 406 g/mol. The number of anilines is 1. The van der Waals surface area contributed by atoms with E-state index < -0.39 is 5.91 Å². The fraction of sp³-hybridized carbons (Fsp3) is 0.222. The molecule has 2 aromatic rings. The van der Waals surface area contributed by atoms with Gasteiger partial charge in [-0.2, -0.15) is 0 Å². The molecule has 6 nitrogen and oxygen atoms in total. The number of hydrogen-bond donors (Lipinski definition) is 2. The Kier molecular flexibility index (Phi) is 6.82. The molecule has 0 heterocycles. The molecule has 2 rings (SSSR count). The third-order valence-corrected chi connectivity index (χ3v) is 4.07. The van der Waals surface area contributed by atoms with Crippen LogP contribution in [0.3, 0.4) is 0 Å². The summed E-state index contributed by atoms with van der Waals surface area (Å²) >= 11 is 3.32. The van der Waals surface area contributed by atoms with E-state index in [1.54, 1.807) is 24.3 Å². The Labute approximate surface area is 155 Å². The van der Waals surface area contributed by atoms with Crippen LogP contribution in [0, 0.1) is 0 Å². The van der Waals surface area contributed by atoms with Gasteiger partial charge in [0.15, 0.2) is 6.61 Å². The lowest BCUT2D eigenvalue weighted by molar-refractivity contribution is -0.123. The minimum absolute atomic E-state index is 0.192. The number of nitrogens with zero attached hydrogens (tertiary/aromatic N) is 1. The number of ether oxygens (including phenoxy) is 1. The number of benzene rings is 2. The molecule has 132 valence electrons. The van der Waals surface area contributed by atoms with Crippen molar-refractivity contribution < 1.29 is 14.3 Å². The molecule has 0 fully saturated rings. The molecule has 0 aliphatic rings. The van der Waals surface area contributed by atoms with Gasteiger partial charge in [0.2, 0.25) is 0 Å². The maximum absolute atomic E-state index is 12.0. The summed E-state index contributed by atoms with van der Waals surface area (Å²) in [6.07, 6.45) is 0. The molecule has 25 heavy (non-hydrogen) atoms. The van der Waals surface area contributed by atoms with Crippen LogP contribution >= 0.6 is 15.9 Å². The largest absolute Gasteiger partial charge is 0.484 e. The molecular weight excluding hydrogens is 386 g/mol. The molecule has 0 unspecified atom stereocenters. The Morgan fingerprint density at radius 1 is 1.04 bits per heavy atom. The van der Waals surface area contributed by atoms with Crippen molar-refractivity contribution in [1.82, 2.24) is 10.9 Å². The maximum Gasteiger partial charge on any atom is 0.276 e. The molecular formula is C18H20BrN3O3. The number of amides is 2. The summed E-state index contributed by atoms with van der Waals surface area (Å²) in [5.74, 6) is -0.262. The number of halogens is 1. The zero-order chi connectivity index (χ0) is 18.2. The summed E-state index contributed by atoms with van der Waals surface area (Å²) in [6.45, 7) is 2.73. The lowest BCUT2D eigenvalue weighted by Gasteiger charge is -2.16. The quantitative estimate of drug-likeness (QED) is 0.724. The second-order valence-corrected chi connectivity index (χ2v) is 6.22. The number of hydrogen-bond acceptors (Lipinski definition) is 4. The topological polar surface area (TPSA) is 70.7 Å². The lowest BCUT2D eigenvalue weighted by atomic mass is 10.2. The van der Waals surface area contributed by atoms with Gasteiger partial charge in [-0.3, -0.25) is 20.4 Å². The van der Waals surface area contributed by atoms with Crippen LogP contribution in [-0.2, 0) is 4.79 Å². The predicted molar refractivity (Wildman–Crippen MR) is 101 cm³/mol. The summed E-state index contributed by atoms with van der Waals surface area (Å²) in [5, 5.41) is 0. The fourth-order valence-electron chi connectivity index (χ4n) is 1.96. The van der Waals surface area contributed by atoms with Gasteiger partial charge in [-0.1, -0.05) is 15.9 Å². The van der Waals surface area contributed by atoms with Crippen LogP contribution in [0.2, 0.25) is 0 Å². The first-order valence-corrected chi connectivity index (χ1v) is 8.57. The van der Waals surface area contributed by atoms with E-state index in [0.29, 0.717) is 11.3 Å². The van der Waals surface area contributed by atoms with E-state index in [-0.39, 0.29) is 12.5 Å². The van der Waals surface area contributed by atoms with Gasteiger partial charge in [0, 0.05) is 29.3 Å². The van der Waals surface area contributed by atoms with E-state index in [9.17, 15) is 9.59 Å². The van der Waals surface area contributed by atoms with Crippen LogP contribution in [0.1, 0.15) is 17.3 Å². The standard InChI is InChI=1S/C18H20BrN3O3/c1-3-22(2)15-8-4-13(5-9-15)18(24)21-20-17(23)12-25-16-10-6-14(19)7-11-16/h4-11H,3,12H2,1-2H3,(H,20,23)(H,21,24). The van der Waals surface area contributed by atoms with E-state index in [4.69, 9.17) is 4.74 Å². The van der Waals surface area contributed by atoms with Crippen LogP contribution < -0.4 is 20.5 Å². The first-order valence-electron chi connectivity index (χ1n) is 7.78. The summed E-state index contributed by atoms with van der Waals surface area (Å²) < 4.78 is 6.25. The predicted octanol–water partition coefficient (Wildman–Crippen LogP) is 2.75. The number of carbonyl (C=O) groups excluding carboxylic acids is 2. The molecule has 0 saturated heterocycles. The lowest BCUT2D eigenvalue weighted by Crippen LogP contribution is -2.43. The summed E-state index contributed by atoms with van der Waals surface area (Å²) in [7, 11) is 1.97. The second-order valence-electron chi connectivity index (χ2n) is 5.31.